The summed E-state index contributed by atoms with van der Waals surface area (Å²) in [5.74, 6) is 0.665. The van der Waals surface area contributed by atoms with Crippen LogP contribution in [0.4, 0.5) is 6.01 Å². The van der Waals surface area contributed by atoms with Gasteiger partial charge in [-0.15, -0.1) is 0 Å². The lowest BCUT2D eigenvalue weighted by Crippen LogP contribution is -2.57. The van der Waals surface area contributed by atoms with E-state index >= 15 is 0 Å². The Kier molecular flexibility index (Phi) is 2.19. The molecule has 0 aromatic carbocycles. The van der Waals surface area contributed by atoms with E-state index in [9.17, 15) is 0 Å². The Balaban J connectivity index is 2.18. The van der Waals surface area contributed by atoms with E-state index in [-0.39, 0.29) is 5.54 Å². The molecule has 2 N–H and O–H groups in total. The zero-order chi connectivity index (χ0) is 10.2. The highest BCUT2D eigenvalue weighted by atomic mass is 16.5. The highest BCUT2D eigenvalue weighted by molar-refractivity contribution is 5.32. The predicted molar refractivity (Wildman–Crippen MR) is 53.1 cm³/mol. The van der Waals surface area contributed by atoms with Crippen LogP contribution in [0.3, 0.4) is 0 Å². The van der Waals surface area contributed by atoms with Gasteiger partial charge >= 0.3 is 6.01 Å². The van der Waals surface area contributed by atoms with Crippen LogP contribution in [-0.2, 0) is 0 Å². The maximum Gasteiger partial charge on any atom is 0.324 e. The number of aryl methyl sites for hydroxylation is 1. The first kappa shape index (κ1) is 9.45. The van der Waals surface area contributed by atoms with E-state index < -0.39 is 0 Å². The lowest BCUT2D eigenvalue weighted by atomic mass is 9.76. The zero-order valence-electron chi connectivity index (χ0n) is 8.66. The topological polar surface area (TPSA) is 68.2 Å². The average molecular weight is 196 g/mol. The molecule has 0 spiro atoms. The summed E-state index contributed by atoms with van der Waals surface area (Å²) in [6.45, 7) is 2.46. The Bertz CT molecular complexity index is 313. The molecule has 0 saturated heterocycles. The van der Waals surface area contributed by atoms with Crippen molar-refractivity contribution in [3.05, 3.63) is 5.82 Å². The molecule has 1 fully saturated rings. The van der Waals surface area contributed by atoms with Crippen LogP contribution in [0.1, 0.15) is 25.1 Å². The van der Waals surface area contributed by atoms with E-state index in [0.717, 1.165) is 12.8 Å². The van der Waals surface area contributed by atoms with Crippen molar-refractivity contribution in [2.45, 2.75) is 31.7 Å². The molecule has 0 unspecified atom stereocenters. The van der Waals surface area contributed by atoms with Crippen molar-refractivity contribution in [2.24, 2.45) is 5.73 Å². The summed E-state index contributed by atoms with van der Waals surface area (Å²) >= 11 is 0. The molecular weight excluding hydrogens is 180 g/mol. The molecule has 0 aliphatic heterocycles. The quantitative estimate of drug-likeness (QED) is 0.770. The second kappa shape index (κ2) is 3.24. The summed E-state index contributed by atoms with van der Waals surface area (Å²) in [7, 11) is 1.97. The van der Waals surface area contributed by atoms with E-state index in [2.05, 4.69) is 10.1 Å². The third-order valence-corrected chi connectivity index (χ3v) is 3.18. The Hall–Kier alpha value is -1.10. The molecule has 0 radical (unpaired) electrons. The van der Waals surface area contributed by atoms with Crippen LogP contribution in [0.5, 0.6) is 0 Å². The second-order valence-corrected chi connectivity index (χ2v) is 3.97. The lowest BCUT2D eigenvalue weighted by Gasteiger charge is -2.47. The van der Waals surface area contributed by atoms with Gasteiger partial charge in [0.25, 0.3) is 0 Å². The molecule has 0 amide bonds. The van der Waals surface area contributed by atoms with Crippen LogP contribution in [0.2, 0.25) is 0 Å². The number of likely N-dealkylation sites (N-methyl/N-ethyl adjacent to an activating group) is 1. The highest BCUT2D eigenvalue weighted by Gasteiger charge is 2.41. The fourth-order valence-corrected chi connectivity index (χ4v) is 1.89. The largest absolute Gasteiger partial charge is 0.328 e. The molecule has 2 rings (SSSR count). The van der Waals surface area contributed by atoms with E-state index in [4.69, 9.17) is 10.3 Å². The van der Waals surface area contributed by atoms with E-state index in [1.807, 2.05) is 18.9 Å². The molecule has 1 aliphatic rings. The fraction of sp³-hybridized carbons (Fsp3) is 0.778. The zero-order valence-corrected chi connectivity index (χ0v) is 8.66. The van der Waals surface area contributed by atoms with Crippen LogP contribution < -0.4 is 10.6 Å². The van der Waals surface area contributed by atoms with E-state index in [1.165, 1.54) is 6.42 Å². The molecule has 1 aromatic rings. The van der Waals surface area contributed by atoms with Crippen molar-refractivity contribution in [3.63, 3.8) is 0 Å². The van der Waals surface area contributed by atoms with Gasteiger partial charge in [-0.05, 0) is 26.2 Å². The molecule has 5 nitrogen and oxygen atoms in total. The third kappa shape index (κ3) is 1.28. The van der Waals surface area contributed by atoms with E-state index in [0.29, 0.717) is 18.4 Å². The minimum absolute atomic E-state index is 0.0545. The smallest absolute Gasteiger partial charge is 0.324 e. The number of rotatable bonds is 3. The summed E-state index contributed by atoms with van der Waals surface area (Å²) < 4.78 is 5.12. The summed E-state index contributed by atoms with van der Waals surface area (Å²) in [4.78, 5) is 6.22. The molecular formula is C9H16N4O. The third-order valence-electron chi connectivity index (χ3n) is 3.18. The van der Waals surface area contributed by atoms with Crippen LogP contribution in [0.25, 0.3) is 0 Å². The molecule has 0 atom stereocenters. The number of hydrogen-bond acceptors (Lipinski definition) is 5. The van der Waals surface area contributed by atoms with Gasteiger partial charge in [0.1, 0.15) is 0 Å². The number of nitrogens with zero attached hydrogens (tertiary/aromatic N) is 3. The van der Waals surface area contributed by atoms with Gasteiger partial charge in [0.05, 0.1) is 5.54 Å². The second-order valence-electron chi connectivity index (χ2n) is 3.97. The predicted octanol–water partition coefficient (Wildman–Crippen LogP) is 0.696. The number of hydrogen-bond donors (Lipinski definition) is 1. The Morgan fingerprint density at radius 2 is 2.29 bits per heavy atom. The molecule has 1 saturated carbocycles. The maximum atomic E-state index is 5.78. The minimum Gasteiger partial charge on any atom is -0.328 e. The van der Waals surface area contributed by atoms with Crippen molar-refractivity contribution in [1.82, 2.24) is 10.1 Å². The van der Waals surface area contributed by atoms with Crippen molar-refractivity contribution >= 4 is 6.01 Å². The Morgan fingerprint density at radius 3 is 2.64 bits per heavy atom. The Morgan fingerprint density at radius 1 is 1.57 bits per heavy atom. The van der Waals surface area contributed by atoms with Gasteiger partial charge in [-0.2, -0.15) is 4.98 Å². The number of aromatic nitrogens is 2. The molecule has 14 heavy (non-hydrogen) atoms. The summed E-state index contributed by atoms with van der Waals surface area (Å²) in [6.07, 6.45) is 3.46. The SMILES string of the molecule is Cc1noc(N(C)C2(CN)CCC2)n1. The molecule has 1 heterocycles. The maximum absolute atomic E-state index is 5.78. The van der Waals surface area contributed by atoms with Gasteiger partial charge < -0.3 is 15.2 Å². The van der Waals surface area contributed by atoms with Crippen LogP contribution in [0, 0.1) is 6.92 Å². The molecule has 1 aliphatic carbocycles. The first-order valence-electron chi connectivity index (χ1n) is 4.92. The Labute approximate surface area is 83.3 Å². The minimum atomic E-state index is 0.0545. The summed E-state index contributed by atoms with van der Waals surface area (Å²) in [6, 6.07) is 0.577. The highest BCUT2D eigenvalue weighted by Crippen LogP contribution is 2.37. The first-order valence-corrected chi connectivity index (χ1v) is 4.92. The van der Waals surface area contributed by atoms with Crippen LogP contribution in [-0.4, -0.2) is 29.3 Å². The number of nitrogens with two attached hydrogens (primary N) is 1. The molecule has 1 aromatic heterocycles. The molecule has 5 heteroatoms. The van der Waals surface area contributed by atoms with Crippen molar-refractivity contribution in [3.8, 4) is 0 Å². The molecule has 78 valence electrons. The molecule has 0 bridgehead atoms. The summed E-state index contributed by atoms with van der Waals surface area (Å²) in [5, 5.41) is 3.78. The van der Waals surface area contributed by atoms with Gasteiger partial charge in [-0.25, -0.2) is 0 Å². The lowest BCUT2D eigenvalue weighted by molar-refractivity contribution is 0.230. The first-order chi connectivity index (χ1) is 6.68. The van der Waals surface area contributed by atoms with Crippen LogP contribution in [0.15, 0.2) is 4.52 Å². The average Bonchev–Trinajstić information content (AvgIpc) is 2.50. The van der Waals surface area contributed by atoms with Crippen molar-refractivity contribution < 1.29 is 4.52 Å². The summed E-state index contributed by atoms with van der Waals surface area (Å²) in [5.41, 5.74) is 5.84. The van der Waals surface area contributed by atoms with Crippen molar-refractivity contribution in [1.29, 1.82) is 0 Å². The van der Waals surface area contributed by atoms with Gasteiger partial charge in [0, 0.05) is 13.6 Å². The van der Waals surface area contributed by atoms with Gasteiger partial charge in [-0.1, -0.05) is 5.16 Å². The van der Waals surface area contributed by atoms with Gasteiger partial charge in [0.15, 0.2) is 5.82 Å². The van der Waals surface area contributed by atoms with Gasteiger partial charge in [0.2, 0.25) is 0 Å². The van der Waals surface area contributed by atoms with Crippen LogP contribution >= 0.6 is 0 Å². The standard InChI is InChI=1S/C9H16N4O/c1-7-11-8(14-12-7)13(2)9(6-10)4-3-5-9/h3-6,10H2,1-2H3. The normalized spacial score (nSPS) is 19.1. The fourth-order valence-electron chi connectivity index (χ4n) is 1.89. The monoisotopic (exact) mass is 196 g/mol. The van der Waals surface area contributed by atoms with E-state index in [1.54, 1.807) is 0 Å². The number of anilines is 1. The van der Waals surface area contributed by atoms with Crippen molar-refractivity contribution in [2.75, 3.05) is 18.5 Å². The van der Waals surface area contributed by atoms with Gasteiger partial charge in [-0.3, -0.25) is 0 Å².